The highest BCUT2D eigenvalue weighted by atomic mass is 19.2. The number of rotatable bonds is 2. The summed E-state index contributed by atoms with van der Waals surface area (Å²) in [5, 5.41) is 6.88. The summed E-state index contributed by atoms with van der Waals surface area (Å²) in [5.41, 5.74) is 6.32. The molecule has 0 unspecified atom stereocenters. The van der Waals surface area contributed by atoms with Crippen LogP contribution in [0.25, 0.3) is 11.4 Å². The molecular formula is C13H15F2N5. The number of nitrogens with two attached hydrogens (primary N) is 1. The van der Waals surface area contributed by atoms with Crippen LogP contribution in [0.2, 0.25) is 0 Å². The van der Waals surface area contributed by atoms with Crippen molar-refractivity contribution in [2.24, 2.45) is 5.73 Å². The minimum Gasteiger partial charge on any atom is -0.339 e. The number of halogens is 2. The van der Waals surface area contributed by atoms with Gasteiger partial charge in [0.25, 0.3) is 0 Å². The van der Waals surface area contributed by atoms with Crippen molar-refractivity contribution in [2.75, 3.05) is 18.0 Å². The predicted octanol–water partition coefficient (Wildman–Crippen LogP) is 1.68. The zero-order chi connectivity index (χ0) is 14.1. The Morgan fingerprint density at radius 1 is 1.20 bits per heavy atom. The molecule has 1 aromatic heterocycles. The van der Waals surface area contributed by atoms with Crippen molar-refractivity contribution in [1.29, 1.82) is 0 Å². The van der Waals surface area contributed by atoms with Gasteiger partial charge in [-0.3, -0.25) is 5.10 Å². The highest BCUT2D eigenvalue weighted by Gasteiger charge is 2.20. The van der Waals surface area contributed by atoms with E-state index in [2.05, 4.69) is 15.2 Å². The molecular weight excluding hydrogens is 264 g/mol. The van der Waals surface area contributed by atoms with Crippen LogP contribution in [0.3, 0.4) is 0 Å². The molecule has 0 amide bonds. The van der Waals surface area contributed by atoms with Gasteiger partial charge in [-0.15, -0.1) is 5.10 Å². The minimum atomic E-state index is -0.899. The van der Waals surface area contributed by atoms with Gasteiger partial charge in [-0.2, -0.15) is 4.98 Å². The molecule has 106 valence electrons. The van der Waals surface area contributed by atoms with Crippen LogP contribution in [0.4, 0.5) is 14.7 Å². The minimum absolute atomic E-state index is 0.232. The molecule has 0 saturated carbocycles. The first kappa shape index (κ1) is 13.0. The van der Waals surface area contributed by atoms with Gasteiger partial charge in [-0.05, 0) is 31.0 Å². The Morgan fingerprint density at radius 3 is 2.65 bits per heavy atom. The predicted molar refractivity (Wildman–Crippen MR) is 71.2 cm³/mol. The lowest BCUT2D eigenvalue weighted by atomic mass is 10.1. The summed E-state index contributed by atoms with van der Waals surface area (Å²) in [4.78, 5) is 6.36. The van der Waals surface area contributed by atoms with Gasteiger partial charge in [0.05, 0.1) is 0 Å². The molecule has 0 aliphatic carbocycles. The Bertz CT molecular complexity index is 605. The number of nitrogens with one attached hydrogen (secondary N) is 1. The van der Waals surface area contributed by atoms with Crippen LogP contribution in [0, 0.1) is 11.6 Å². The molecule has 2 aromatic rings. The van der Waals surface area contributed by atoms with E-state index in [-0.39, 0.29) is 6.04 Å². The Labute approximate surface area is 114 Å². The molecule has 1 fully saturated rings. The maximum Gasteiger partial charge on any atom is 0.245 e. The van der Waals surface area contributed by atoms with E-state index < -0.39 is 11.6 Å². The van der Waals surface area contributed by atoms with E-state index >= 15 is 0 Å². The Balaban J connectivity index is 1.81. The van der Waals surface area contributed by atoms with Crippen LogP contribution < -0.4 is 10.6 Å². The molecule has 7 heteroatoms. The van der Waals surface area contributed by atoms with Crippen LogP contribution >= 0.6 is 0 Å². The van der Waals surface area contributed by atoms with Crippen molar-refractivity contribution in [3.8, 4) is 11.4 Å². The monoisotopic (exact) mass is 279 g/mol. The first-order valence-corrected chi connectivity index (χ1v) is 6.52. The molecule has 1 aliphatic rings. The molecule has 1 saturated heterocycles. The molecule has 0 bridgehead atoms. The molecule has 2 heterocycles. The quantitative estimate of drug-likeness (QED) is 0.877. The summed E-state index contributed by atoms with van der Waals surface area (Å²) in [6.07, 6.45) is 1.80. The second kappa shape index (κ2) is 5.16. The molecule has 0 radical (unpaired) electrons. The van der Waals surface area contributed by atoms with E-state index in [1.54, 1.807) is 0 Å². The lowest BCUT2D eigenvalue weighted by molar-refractivity contribution is 0.496. The second-order valence-corrected chi connectivity index (χ2v) is 4.94. The summed E-state index contributed by atoms with van der Waals surface area (Å²) in [6.45, 7) is 1.60. The van der Waals surface area contributed by atoms with Crippen molar-refractivity contribution in [3.63, 3.8) is 0 Å². The third-order valence-corrected chi connectivity index (χ3v) is 3.49. The topological polar surface area (TPSA) is 70.8 Å². The first-order chi connectivity index (χ1) is 9.63. The summed E-state index contributed by atoms with van der Waals surface area (Å²) in [7, 11) is 0. The summed E-state index contributed by atoms with van der Waals surface area (Å²) >= 11 is 0. The largest absolute Gasteiger partial charge is 0.339 e. The van der Waals surface area contributed by atoms with Crippen molar-refractivity contribution in [3.05, 3.63) is 29.8 Å². The number of benzene rings is 1. The van der Waals surface area contributed by atoms with E-state index in [0.29, 0.717) is 17.3 Å². The molecule has 0 spiro atoms. The zero-order valence-electron chi connectivity index (χ0n) is 10.8. The summed E-state index contributed by atoms with van der Waals surface area (Å²) in [6, 6.07) is 3.88. The first-order valence-electron chi connectivity index (χ1n) is 6.52. The molecule has 1 aliphatic heterocycles. The van der Waals surface area contributed by atoms with Gasteiger partial charge in [0.2, 0.25) is 5.95 Å². The number of hydrogen-bond acceptors (Lipinski definition) is 4. The lowest BCUT2D eigenvalue weighted by Crippen LogP contribution is -2.40. The molecule has 1 aromatic carbocycles. The van der Waals surface area contributed by atoms with Gasteiger partial charge in [-0.25, -0.2) is 8.78 Å². The molecule has 20 heavy (non-hydrogen) atoms. The van der Waals surface area contributed by atoms with E-state index in [1.165, 1.54) is 6.07 Å². The fraction of sp³-hybridized carbons (Fsp3) is 0.385. The second-order valence-electron chi connectivity index (χ2n) is 4.94. The average molecular weight is 279 g/mol. The van der Waals surface area contributed by atoms with Crippen molar-refractivity contribution < 1.29 is 8.78 Å². The normalized spacial score (nSPS) is 16.6. The van der Waals surface area contributed by atoms with E-state index in [9.17, 15) is 8.78 Å². The fourth-order valence-corrected chi connectivity index (χ4v) is 2.27. The zero-order valence-corrected chi connectivity index (χ0v) is 10.8. The van der Waals surface area contributed by atoms with Gasteiger partial charge in [0, 0.05) is 24.7 Å². The number of H-pyrrole nitrogens is 1. The van der Waals surface area contributed by atoms with Gasteiger partial charge in [0.1, 0.15) is 0 Å². The third kappa shape index (κ3) is 2.49. The fourth-order valence-electron chi connectivity index (χ4n) is 2.27. The van der Waals surface area contributed by atoms with E-state index in [4.69, 9.17) is 5.73 Å². The number of aromatic amines is 1. The Hall–Kier alpha value is -2.02. The number of nitrogens with zero attached hydrogens (tertiary/aromatic N) is 3. The number of anilines is 1. The van der Waals surface area contributed by atoms with Crippen molar-refractivity contribution in [2.45, 2.75) is 18.9 Å². The van der Waals surface area contributed by atoms with Crippen molar-refractivity contribution >= 4 is 5.95 Å². The van der Waals surface area contributed by atoms with E-state index in [1.807, 2.05) is 4.90 Å². The van der Waals surface area contributed by atoms with Crippen LogP contribution in [-0.4, -0.2) is 34.3 Å². The van der Waals surface area contributed by atoms with Gasteiger partial charge in [-0.1, -0.05) is 0 Å². The Morgan fingerprint density at radius 2 is 1.95 bits per heavy atom. The lowest BCUT2D eigenvalue weighted by Gasteiger charge is -2.28. The molecule has 3 N–H and O–H groups in total. The number of piperidine rings is 1. The van der Waals surface area contributed by atoms with Gasteiger partial charge >= 0.3 is 0 Å². The van der Waals surface area contributed by atoms with Crippen molar-refractivity contribution in [1.82, 2.24) is 15.2 Å². The third-order valence-electron chi connectivity index (χ3n) is 3.49. The summed E-state index contributed by atoms with van der Waals surface area (Å²) < 4.78 is 26.1. The van der Waals surface area contributed by atoms with Crippen LogP contribution in [0.1, 0.15) is 12.8 Å². The standard InChI is InChI=1S/C13H15F2N5/c14-10-2-1-8(7-11(10)15)12-17-13(19-18-12)20-5-3-9(16)4-6-20/h1-2,7,9H,3-6,16H2,(H,17,18,19). The van der Waals surface area contributed by atoms with Gasteiger partial charge < -0.3 is 10.6 Å². The summed E-state index contributed by atoms with van der Waals surface area (Å²) in [5.74, 6) is -0.784. The van der Waals surface area contributed by atoms with Gasteiger partial charge in [0.15, 0.2) is 17.5 Å². The molecule has 3 rings (SSSR count). The maximum absolute atomic E-state index is 13.2. The van der Waals surface area contributed by atoms with Crippen LogP contribution in [0.15, 0.2) is 18.2 Å². The molecule has 0 atom stereocenters. The van der Waals surface area contributed by atoms with Crippen LogP contribution in [-0.2, 0) is 0 Å². The highest BCUT2D eigenvalue weighted by molar-refractivity contribution is 5.56. The smallest absolute Gasteiger partial charge is 0.245 e. The SMILES string of the molecule is NC1CCN(c2n[nH]c(-c3ccc(F)c(F)c3)n2)CC1. The average Bonchev–Trinajstić information content (AvgIpc) is 2.92. The van der Waals surface area contributed by atoms with Crippen LogP contribution in [0.5, 0.6) is 0 Å². The Kier molecular flexibility index (Phi) is 3.35. The highest BCUT2D eigenvalue weighted by Crippen LogP contribution is 2.21. The molecule has 5 nitrogen and oxygen atoms in total. The number of hydrogen-bond donors (Lipinski definition) is 2. The maximum atomic E-state index is 13.2. The number of aromatic nitrogens is 3. The van der Waals surface area contributed by atoms with E-state index in [0.717, 1.165) is 38.1 Å².